The molecule has 7 nitrogen and oxygen atoms in total. The number of amides is 1. The van der Waals surface area contributed by atoms with Crippen LogP contribution in [0.2, 0.25) is 0 Å². The summed E-state index contributed by atoms with van der Waals surface area (Å²) in [5, 5.41) is 3.58. The topological polar surface area (TPSA) is 60.4 Å². The van der Waals surface area contributed by atoms with Crippen molar-refractivity contribution >= 4 is 35.8 Å². The van der Waals surface area contributed by atoms with E-state index in [9.17, 15) is 4.79 Å². The number of aliphatic imine (C=N–C) groups is 1. The first-order valence-corrected chi connectivity index (χ1v) is 10.8. The molecule has 1 aromatic rings. The Labute approximate surface area is 196 Å². The number of piperazine rings is 1. The van der Waals surface area contributed by atoms with Crippen LogP contribution in [0.3, 0.4) is 0 Å². The van der Waals surface area contributed by atoms with Gasteiger partial charge in [0.2, 0.25) is 5.91 Å². The molecule has 0 aromatic heterocycles. The second kappa shape index (κ2) is 11.3. The highest BCUT2D eigenvalue weighted by Gasteiger charge is 2.38. The van der Waals surface area contributed by atoms with Crippen LogP contribution in [0.15, 0.2) is 35.3 Å². The van der Waals surface area contributed by atoms with Gasteiger partial charge >= 0.3 is 0 Å². The molecular weight excluding hydrogens is 493 g/mol. The van der Waals surface area contributed by atoms with Crippen molar-refractivity contribution in [2.45, 2.75) is 12.3 Å². The van der Waals surface area contributed by atoms with Gasteiger partial charge in [-0.2, -0.15) is 0 Å². The van der Waals surface area contributed by atoms with Crippen molar-refractivity contribution in [2.24, 2.45) is 10.9 Å². The Morgan fingerprint density at radius 1 is 1.07 bits per heavy atom. The molecule has 1 saturated carbocycles. The highest BCUT2D eigenvalue weighted by atomic mass is 127. The molecule has 0 bridgehead atoms. The van der Waals surface area contributed by atoms with Gasteiger partial charge < -0.3 is 19.9 Å². The Morgan fingerprint density at radius 2 is 1.77 bits per heavy atom. The number of hydrogen-bond donors (Lipinski definition) is 1. The van der Waals surface area contributed by atoms with Crippen molar-refractivity contribution in [3.63, 3.8) is 0 Å². The summed E-state index contributed by atoms with van der Waals surface area (Å²) in [5.41, 5.74) is 1.45. The third-order valence-corrected chi connectivity index (χ3v) is 6.28. The lowest BCUT2D eigenvalue weighted by Gasteiger charge is -2.37. The Morgan fingerprint density at radius 3 is 2.43 bits per heavy atom. The SMILES string of the molecule is CN=C(NCC1CC1c1ccccc1)N1CCN(CC(=O)N2CCOCC2)CC1.I. The zero-order chi connectivity index (χ0) is 20.1. The Balaban J connectivity index is 0.00000256. The Hall–Kier alpha value is -1.39. The van der Waals surface area contributed by atoms with Crippen molar-refractivity contribution < 1.29 is 9.53 Å². The van der Waals surface area contributed by atoms with Crippen LogP contribution < -0.4 is 5.32 Å². The first-order valence-electron chi connectivity index (χ1n) is 10.8. The second-order valence-corrected chi connectivity index (χ2v) is 8.20. The summed E-state index contributed by atoms with van der Waals surface area (Å²) >= 11 is 0. The smallest absolute Gasteiger partial charge is 0.236 e. The van der Waals surface area contributed by atoms with Gasteiger partial charge in [0, 0.05) is 52.9 Å². The molecular formula is C22H34IN5O2. The molecule has 2 aliphatic heterocycles. The van der Waals surface area contributed by atoms with E-state index in [0.29, 0.717) is 31.6 Å². The van der Waals surface area contributed by atoms with E-state index in [-0.39, 0.29) is 29.9 Å². The zero-order valence-electron chi connectivity index (χ0n) is 17.8. The van der Waals surface area contributed by atoms with Gasteiger partial charge in [-0.25, -0.2) is 0 Å². The summed E-state index contributed by atoms with van der Waals surface area (Å²) in [6, 6.07) is 10.8. The van der Waals surface area contributed by atoms with E-state index in [4.69, 9.17) is 4.74 Å². The number of carbonyl (C=O) groups is 1. The molecule has 0 spiro atoms. The van der Waals surface area contributed by atoms with Crippen LogP contribution in [0.25, 0.3) is 0 Å². The molecule has 8 heteroatoms. The molecule has 2 heterocycles. The molecule has 0 radical (unpaired) electrons. The lowest BCUT2D eigenvalue weighted by Crippen LogP contribution is -2.55. The maximum atomic E-state index is 12.4. The van der Waals surface area contributed by atoms with Crippen molar-refractivity contribution in [3.8, 4) is 0 Å². The van der Waals surface area contributed by atoms with Crippen LogP contribution in [0, 0.1) is 5.92 Å². The van der Waals surface area contributed by atoms with Crippen molar-refractivity contribution in [3.05, 3.63) is 35.9 Å². The minimum Gasteiger partial charge on any atom is -0.378 e. The van der Waals surface area contributed by atoms with Crippen molar-refractivity contribution in [1.82, 2.24) is 20.0 Å². The monoisotopic (exact) mass is 527 g/mol. The van der Waals surface area contributed by atoms with Crippen LogP contribution in [0.5, 0.6) is 0 Å². The van der Waals surface area contributed by atoms with E-state index in [1.54, 1.807) is 0 Å². The summed E-state index contributed by atoms with van der Waals surface area (Å²) in [7, 11) is 1.86. The van der Waals surface area contributed by atoms with E-state index < -0.39 is 0 Å². The van der Waals surface area contributed by atoms with E-state index in [1.165, 1.54) is 12.0 Å². The normalized spacial score (nSPS) is 24.9. The van der Waals surface area contributed by atoms with Gasteiger partial charge in [-0.1, -0.05) is 30.3 Å². The van der Waals surface area contributed by atoms with E-state index in [1.807, 2.05) is 11.9 Å². The van der Waals surface area contributed by atoms with Gasteiger partial charge in [0.25, 0.3) is 0 Å². The fourth-order valence-electron chi connectivity index (χ4n) is 4.36. The molecule has 1 N–H and O–H groups in total. The molecule has 166 valence electrons. The van der Waals surface area contributed by atoms with E-state index in [0.717, 1.165) is 51.8 Å². The fourth-order valence-corrected chi connectivity index (χ4v) is 4.36. The van der Waals surface area contributed by atoms with Crippen molar-refractivity contribution in [1.29, 1.82) is 0 Å². The van der Waals surface area contributed by atoms with Gasteiger partial charge in [-0.15, -0.1) is 24.0 Å². The highest BCUT2D eigenvalue weighted by molar-refractivity contribution is 14.0. The molecule has 1 amide bonds. The van der Waals surface area contributed by atoms with Gasteiger partial charge in [-0.3, -0.25) is 14.7 Å². The summed E-state index contributed by atoms with van der Waals surface area (Å²) < 4.78 is 5.33. The number of ether oxygens (including phenoxy) is 1. The number of guanidine groups is 1. The molecule has 30 heavy (non-hydrogen) atoms. The quantitative estimate of drug-likeness (QED) is 0.357. The number of hydrogen-bond acceptors (Lipinski definition) is 4. The fraction of sp³-hybridized carbons (Fsp3) is 0.636. The van der Waals surface area contributed by atoms with E-state index in [2.05, 4.69) is 50.4 Å². The van der Waals surface area contributed by atoms with Crippen molar-refractivity contribution in [2.75, 3.05) is 72.6 Å². The van der Waals surface area contributed by atoms with Gasteiger partial charge in [0.15, 0.2) is 5.96 Å². The summed E-state index contributed by atoms with van der Waals surface area (Å²) in [6.07, 6.45) is 1.26. The minimum absolute atomic E-state index is 0. The largest absolute Gasteiger partial charge is 0.378 e. The average Bonchev–Trinajstić information content (AvgIpc) is 3.56. The van der Waals surface area contributed by atoms with Crippen LogP contribution in [-0.4, -0.2) is 99.2 Å². The highest BCUT2D eigenvalue weighted by Crippen LogP contribution is 2.46. The standard InChI is InChI=1S/C22H33N5O2.HI/c1-23-22(24-16-19-15-20(19)18-5-3-2-4-6-18)27-9-7-25(8-10-27)17-21(28)26-11-13-29-14-12-26;/h2-6,19-20H,7-17H2,1H3,(H,23,24);1H. The van der Waals surface area contributed by atoms with Crippen LogP contribution >= 0.6 is 24.0 Å². The Bertz CT molecular complexity index is 703. The van der Waals surface area contributed by atoms with E-state index >= 15 is 0 Å². The second-order valence-electron chi connectivity index (χ2n) is 8.20. The maximum Gasteiger partial charge on any atom is 0.236 e. The number of nitrogens with one attached hydrogen (secondary N) is 1. The number of carbonyl (C=O) groups excluding carboxylic acids is 1. The number of benzene rings is 1. The number of halogens is 1. The number of rotatable bonds is 5. The van der Waals surface area contributed by atoms with Gasteiger partial charge in [-0.05, 0) is 23.8 Å². The summed E-state index contributed by atoms with van der Waals surface area (Å²) in [5.74, 6) is 2.60. The first-order chi connectivity index (χ1) is 14.2. The number of nitrogens with zero attached hydrogens (tertiary/aromatic N) is 4. The van der Waals surface area contributed by atoms with Crippen LogP contribution in [0.1, 0.15) is 17.9 Å². The summed E-state index contributed by atoms with van der Waals surface area (Å²) in [6.45, 7) is 7.86. The Kier molecular flexibility index (Phi) is 8.76. The van der Waals surface area contributed by atoms with Crippen LogP contribution in [-0.2, 0) is 9.53 Å². The minimum atomic E-state index is 0. The number of morpholine rings is 1. The summed E-state index contributed by atoms with van der Waals surface area (Å²) in [4.78, 5) is 23.4. The molecule has 1 aliphatic carbocycles. The lowest BCUT2D eigenvalue weighted by molar-refractivity contribution is -0.136. The molecule has 1 aromatic carbocycles. The van der Waals surface area contributed by atoms with Gasteiger partial charge in [0.05, 0.1) is 19.8 Å². The van der Waals surface area contributed by atoms with Gasteiger partial charge in [0.1, 0.15) is 0 Å². The predicted octanol–water partition coefficient (Wildman–Crippen LogP) is 1.46. The predicted molar refractivity (Wildman–Crippen MR) is 129 cm³/mol. The lowest BCUT2D eigenvalue weighted by atomic mass is 10.1. The first kappa shape index (κ1) is 23.3. The average molecular weight is 527 g/mol. The molecule has 3 fully saturated rings. The molecule has 2 atom stereocenters. The zero-order valence-corrected chi connectivity index (χ0v) is 20.2. The molecule has 2 unspecified atom stereocenters. The molecule has 2 saturated heterocycles. The molecule has 4 rings (SSSR count). The third kappa shape index (κ3) is 6.07. The van der Waals surface area contributed by atoms with Crippen LogP contribution in [0.4, 0.5) is 0 Å². The third-order valence-electron chi connectivity index (χ3n) is 6.28. The molecule has 3 aliphatic rings. The maximum absolute atomic E-state index is 12.4.